The summed E-state index contributed by atoms with van der Waals surface area (Å²) in [6.07, 6.45) is 5.14. The van der Waals surface area contributed by atoms with Crippen molar-refractivity contribution in [3.63, 3.8) is 0 Å². The normalized spacial score (nSPS) is 27.1. The molecule has 1 aliphatic rings. The van der Waals surface area contributed by atoms with Gasteiger partial charge in [0.05, 0.1) is 14.2 Å². The van der Waals surface area contributed by atoms with Gasteiger partial charge >= 0.3 is 0 Å². The first kappa shape index (κ1) is 14.2. The predicted octanol–water partition coefficient (Wildman–Crippen LogP) is 1.85. The molecule has 1 aliphatic carbocycles. The summed E-state index contributed by atoms with van der Waals surface area (Å²) in [5.74, 6) is 1.48. The molecule has 0 amide bonds. The van der Waals surface area contributed by atoms with E-state index in [2.05, 4.69) is 0 Å². The molecule has 1 aromatic rings. The van der Waals surface area contributed by atoms with Gasteiger partial charge in [-0.2, -0.15) is 0 Å². The van der Waals surface area contributed by atoms with Crippen molar-refractivity contribution in [2.45, 2.75) is 43.7 Å². The molecule has 106 valence electrons. The Morgan fingerprint density at radius 3 is 2.58 bits per heavy atom. The van der Waals surface area contributed by atoms with Gasteiger partial charge in [0.1, 0.15) is 0 Å². The Hall–Kier alpha value is -1.26. The fourth-order valence-corrected chi connectivity index (χ4v) is 2.88. The Balaban J connectivity index is 2.18. The number of benzene rings is 1. The number of methoxy groups -OCH3 is 2. The molecule has 19 heavy (non-hydrogen) atoms. The first-order valence-corrected chi connectivity index (χ1v) is 6.84. The Labute approximate surface area is 115 Å². The highest BCUT2D eigenvalue weighted by atomic mass is 16.5. The van der Waals surface area contributed by atoms with E-state index >= 15 is 0 Å². The molecule has 0 aliphatic heterocycles. The molecule has 0 aromatic heterocycles. The quantitative estimate of drug-likeness (QED) is 0.870. The lowest BCUT2D eigenvalue weighted by molar-refractivity contribution is 0.250. The first-order valence-electron chi connectivity index (χ1n) is 6.84. The summed E-state index contributed by atoms with van der Waals surface area (Å²) in [6.45, 7) is 0. The van der Waals surface area contributed by atoms with Crippen LogP contribution in [-0.2, 0) is 6.42 Å². The minimum absolute atomic E-state index is 0.0781. The molecule has 0 radical (unpaired) electrons. The number of hydrogen-bond acceptors (Lipinski definition) is 4. The van der Waals surface area contributed by atoms with Crippen molar-refractivity contribution in [1.82, 2.24) is 0 Å². The second kappa shape index (κ2) is 5.80. The molecule has 1 aromatic carbocycles. The van der Waals surface area contributed by atoms with Gasteiger partial charge in [-0.15, -0.1) is 0 Å². The summed E-state index contributed by atoms with van der Waals surface area (Å²) in [5, 5.41) is 0. The predicted molar refractivity (Wildman–Crippen MR) is 76.6 cm³/mol. The van der Waals surface area contributed by atoms with Crippen LogP contribution in [0.1, 0.15) is 31.2 Å². The third-order valence-corrected chi connectivity index (χ3v) is 4.13. The van der Waals surface area contributed by atoms with Crippen LogP contribution in [0.3, 0.4) is 0 Å². The summed E-state index contributed by atoms with van der Waals surface area (Å²) < 4.78 is 10.6. The van der Waals surface area contributed by atoms with Gasteiger partial charge in [0.2, 0.25) is 0 Å². The summed E-state index contributed by atoms with van der Waals surface area (Å²) >= 11 is 0. The molecule has 4 N–H and O–H groups in total. The molecule has 4 heteroatoms. The van der Waals surface area contributed by atoms with Crippen LogP contribution in [0.5, 0.6) is 11.5 Å². The molecule has 0 spiro atoms. The van der Waals surface area contributed by atoms with E-state index in [1.807, 2.05) is 18.2 Å². The van der Waals surface area contributed by atoms with Crippen LogP contribution >= 0.6 is 0 Å². The van der Waals surface area contributed by atoms with Crippen LogP contribution in [0.4, 0.5) is 0 Å². The highest BCUT2D eigenvalue weighted by Crippen LogP contribution is 2.32. The van der Waals surface area contributed by atoms with Crippen LogP contribution < -0.4 is 20.9 Å². The van der Waals surface area contributed by atoms with Crippen LogP contribution in [-0.4, -0.2) is 25.8 Å². The van der Waals surface area contributed by atoms with Gasteiger partial charge in [-0.25, -0.2) is 0 Å². The molecular weight excluding hydrogens is 240 g/mol. The lowest BCUT2D eigenvalue weighted by Crippen LogP contribution is -2.58. The number of rotatable bonds is 4. The van der Waals surface area contributed by atoms with E-state index in [0.29, 0.717) is 0 Å². The maximum absolute atomic E-state index is 6.50. The Morgan fingerprint density at radius 1 is 1.21 bits per heavy atom. The minimum atomic E-state index is -0.294. The molecular formula is C15H24N2O2. The number of hydrogen-bond donors (Lipinski definition) is 2. The highest BCUT2D eigenvalue weighted by Gasteiger charge is 2.34. The van der Waals surface area contributed by atoms with Gasteiger partial charge in [0, 0.05) is 11.6 Å². The molecule has 2 atom stereocenters. The first-order chi connectivity index (χ1) is 9.09. The van der Waals surface area contributed by atoms with Crippen molar-refractivity contribution in [3.05, 3.63) is 23.8 Å². The maximum Gasteiger partial charge on any atom is 0.160 e. The van der Waals surface area contributed by atoms with Crippen LogP contribution in [0.25, 0.3) is 0 Å². The van der Waals surface area contributed by atoms with Crippen molar-refractivity contribution in [2.24, 2.45) is 11.5 Å². The molecule has 0 heterocycles. The van der Waals surface area contributed by atoms with E-state index in [-0.39, 0.29) is 11.6 Å². The highest BCUT2D eigenvalue weighted by molar-refractivity contribution is 5.43. The minimum Gasteiger partial charge on any atom is -0.493 e. The third kappa shape index (κ3) is 3.01. The van der Waals surface area contributed by atoms with Gasteiger partial charge in [0.25, 0.3) is 0 Å². The zero-order valence-corrected chi connectivity index (χ0v) is 11.8. The fourth-order valence-electron chi connectivity index (χ4n) is 2.88. The Kier molecular flexibility index (Phi) is 4.32. The molecule has 1 saturated carbocycles. The van der Waals surface area contributed by atoms with Gasteiger partial charge < -0.3 is 20.9 Å². The van der Waals surface area contributed by atoms with Gasteiger partial charge in [-0.3, -0.25) is 0 Å². The van der Waals surface area contributed by atoms with Crippen molar-refractivity contribution in [2.75, 3.05) is 14.2 Å². The smallest absolute Gasteiger partial charge is 0.160 e. The molecule has 0 saturated heterocycles. The molecule has 2 rings (SSSR count). The number of nitrogens with two attached hydrogens (primary N) is 2. The molecule has 2 unspecified atom stereocenters. The molecule has 0 bridgehead atoms. The molecule has 4 nitrogen and oxygen atoms in total. The monoisotopic (exact) mass is 264 g/mol. The fraction of sp³-hybridized carbons (Fsp3) is 0.600. The van der Waals surface area contributed by atoms with E-state index in [4.69, 9.17) is 20.9 Å². The van der Waals surface area contributed by atoms with Crippen LogP contribution in [0, 0.1) is 0 Å². The summed E-state index contributed by atoms with van der Waals surface area (Å²) in [5.41, 5.74) is 13.6. The average Bonchev–Trinajstić information content (AvgIpc) is 2.42. The van der Waals surface area contributed by atoms with Gasteiger partial charge in [-0.05, 0) is 37.0 Å². The Morgan fingerprint density at radius 2 is 1.95 bits per heavy atom. The van der Waals surface area contributed by atoms with E-state index in [0.717, 1.165) is 42.7 Å². The summed E-state index contributed by atoms with van der Waals surface area (Å²) in [6, 6.07) is 6.03. The lowest BCUT2D eigenvalue weighted by atomic mass is 9.75. The summed E-state index contributed by atoms with van der Waals surface area (Å²) in [7, 11) is 3.28. The lowest BCUT2D eigenvalue weighted by Gasteiger charge is -2.39. The zero-order chi connectivity index (χ0) is 13.9. The van der Waals surface area contributed by atoms with E-state index < -0.39 is 0 Å². The van der Waals surface area contributed by atoms with Crippen molar-refractivity contribution < 1.29 is 9.47 Å². The largest absolute Gasteiger partial charge is 0.493 e. The van der Waals surface area contributed by atoms with Crippen LogP contribution in [0.2, 0.25) is 0 Å². The van der Waals surface area contributed by atoms with Gasteiger partial charge in [0.15, 0.2) is 11.5 Å². The van der Waals surface area contributed by atoms with E-state index in [1.165, 1.54) is 6.42 Å². The maximum atomic E-state index is 6.50. The standard InChI is InChI=1S/C15H24N2O2/c1-18-12-7-6-11(9-13(12)19-2)10-15(17)8-4-3-5-14(15)16/h6-7,9,14H,3-5,8,10,16-17H2,1-2H3. The van der Waals surface area contributed by atoms with Crippen LogP contribution in [0.15, 0.2) is 18.2 Å². The zero-order valence-electron chi connectivity index (χ0n) is 11.8. The topological polar surface area (TPSA) is 70.5 Å². The second-order valence-electron chi connectivity index (χ2n) is 5.45. The average molecular weight is 264 g/mol. The summed E-state index contributed by atoms with van der Waals surface area (Å²) in [4.78, 5) is 0. The SMILES string of the molecule is COc1ccc(CC2(N)CCCCC2N)cc1OC. The van der Waals surface area contributed by atoms with Crippen molar-refractivity contribution >= 4 is 0 Å². The number of ether oxygens (including phenoxy) is 2. The van der Waals surface area contributed by atoms with Crippen molar-refractivity contribution in [3.8, 4) is 11.5 Å². The van der Waals surface area contributed by atoms with E-state index in [1.54, 1.807) is 14.2 Å². The molecule has 1 fully saturated rings. The van der Waals surface area contributed by atoms with Crippen molar-refractivity contribution in [1.29, 1.82) is 0 Å². The van der Waals surface area contributed by atoms with Gasteiger partial charge in [-0.1, -0.05) is 18.9 Å². The Bertz CT molecular complexity index is 436. The van der Waals surface area contributed by atoms with E-state index in [9.17, 15) is 0 Å². The second-order valence-corrected chi connectivity index (χ2v) is 5.45. The third-order valence-electron chi connectivity index (χ3n) is 4.13.